The summed E-state index contributed by atoms with van der Waals surface area (Å²) in [6.45, 7) is 2.90. The molecule has 0 radical (unpaired) electrons. The average molecular weight is 224 g/mol. The van der Waals surface area contributed by atoms with E-state index in [1.807, 2.05) is 18.8 Å². The van der Waals surface area contributed by atoms with E-state index in [9.17, 15) is 0 Å². The van der Waals surface area contributed by atoms with E-state index in [2.05, 4.69) is 17.2 Å². The Balaban J connectivity index is 2.24. The Labute approximate surface area is 94.2 Å². The van der Waals surface area contributed by atoms with Crippen LogP contribution in [0.2, 0.25) is 0 Å². The van der Waals surface area contributed by atoms with Crippen molar-refractivity contribution in [1.29, 1.82) is 0 Å². The minimum absolute atomic E-state index is 0.276. The van der Waals surface area contributed by atoms with E-state index in [0.717, 1.165) is 25.1 Å². The zero-order valence-electron chi connectivity index (χ0n) is 9.12. The van der Waals surface area contributed by atoms with E-state index >= 15 is 0 Å². The van der Waals surface area contributed by atoms with E-state index < -0.39 is 0 Å². The highest BCUT2D eigenvalue weighted by Crippen LogP contribution is 2.31. The van der Waals surface area contributed by atoms with Gasteiger partial charge in [-0.2, -0.15) is 0 Å². The number of thiazole rings is 1. The van der Waals surface area contributed by atoms with E-state index in [1.165, 1.54) is 10.5 Å². The third-order valence-electron chi connectivity index (χ3n) is 2.67. The van der Waals surface area contributed by atoms with Crippen LogP contribution >= 0.6 is 11.3 Å². The molecule has 0 amide bonds. The lowest BCUT2D eigenvalue weighted by Gasteiger charge is -2.22. The molecule has 4 heteroatoms. The van der Waals surface area contributed by atoms with Crippen LogP contribution in [0.5, 0.6) is 0 Å². The molecule has 0 spiro atoms. The molecule has 3 nitrogen and oxygen atoms in total. The summed E-state index contributed by atoms with van der Waals surface area (Å²) in [7, 11) is 1.99. The summed E-state index contributed by atoms with van der Waals surface area (Å²) in [5, 5.41) is 3.34. The van der Waals surface area contributed by atoms with Gasteiger partial charge in [0.25, 0.3) is 0 Å². The van der Waals surface area contributed by atoms with E-state index in [1.54, 1.807) is 11.3 Å². The minimum atomic E-state index is 0.276. The fourth-order valence-corrected chi connectivity index (χ4v) is 2.82. The van der Waals surface area contributed by atoms with Gasteiger partial charge in [-0.3, -0.25) is 0 Å². The second-order valence-electron chi connectivity index (χ2n) is 3.69. The summed E-state index contributed by atoms with van der Waals surface area (Å²) in [5.41, 5.74) is 4.35. The van der Waals surface area contributed by atoms with Gasteiger partial charge in [0.05, 0.1) is 30.1 Å². The van der Waals surface area contributed by atoms with Gasteiger partial charge in [-0.25, -0.2) is 4.98 Å². The van der Waals surface area contributed by atoms with Crippen molar-refractivity contribution in [3.63, 3.8) is 0 Å². The lowest BCUT2D eigenvalue weighted by Crippen LogP contribution is -2.20. The van der Waals surface area contributed by atoms with Crippen molar-refractivity contribution in [2.24, 2.45) is 0 Å². The maximum Gasteiger partial charge on any atom is 0.0876 e. The van der Waals surface area contributed by atoms with Gasteiger partial charge in [-0.15, -0.1) is 11.3 Å². The van der Waals surface area contributed by atoms with Gasteiger partial charge < -0.3 is 10.1 Å². The first-order valence-corrected chi connectivity index (χ1v) is 6.08. The van der Waals surface area contributed by atoms with Crippen LogP contribution in [0.25, 0.3) is 0 Å². The predicted octanol–water partition coefficient (Wildman–Crippen LogP) is 2.41. The Hall–Kier alpha value is -0.870. The summed E-state index contributed by atoms with van der Waals surface area (Å²) in [6.07, 6.45) is 4.13. The highest BCUT2D eigenvalue weighted by molar-refractivity contribution is 7.09. The van der Waals surface area contributed by atoms with Crippen LogP contribution in [0.4, 0.5) is 0 Å². The Morgan fingerprint density at radius 3 is 3.00 bits per heavy atom. The molecule has 1 aliphatic heterocycles. The van der Waals surface area contributed by atoms with Gasteiger partial charge in [0, 0.05) is 4.88 Å². The van der Waals surface area contributed by atoms with E-state index in [4.69, 9.17) is 4.74 Å². The van der Waals surface area contributed by atoms with Crippen molar-refractivity contribution in [3.05, 3.63) is 27.9 Å². The Morgan fingerprint density at radius 1 is 1.60 bits per heavy atom. The Bertz CT molecular complexity index is 359. The standard InChI is InChI=1S/C11H16N2OS/c1-8-11(15-7-13-8)10(12-2)9-4-3-5-14-6-9/h6-7,10,12H,3-5H2,1-2H3. The fraction of sp³-hybridized carbons (Fsp3) is 0.545. The highest BCUT2D eigenvalue weighted by Gasteiger charge is 2.20. The molecule has 1 atom stereocenters. The zero-order valence-corrected chi connectivity index (χ0v) is 9.93. The maximum atomic E-state index is 5.38. The van der Waals surface area contributed by atoms with Crippen LogP contribution < -0.4 is 5.32 Å². The van der Waals surface area contributed by atoms with Crippen LogP contribution in [0.1, 0.15) is 29.5 Å². The first-order valence-electron chi connectivity index (χ1n) is 5.20. The van der Waals surface area contributed by atoms with Crippen LogP contribution in [0.3, 0.4) is 0 Å². The molecular formula is C11H16N2OS. The normalized spacial score (nSPS) is 18.1. The minimum Gasteiger partial charge on any atom is -0.501 e. The van der Waals surface area contributed by atoms with Crippen LogP contribution in [-0.4, -0.2) is 18.6 Å². The van der Waals surface area contributed by atoms with Crippen LogP contribution in [-0.2, 0) is 4.74 Å². The third kappa shape index (κ3) is 2.21. The monoisotopic (exact) mass is 224 g/mol. The molecule has 0 bridgehead atoms. The maximum absolute atomic E-state index is 5.38. The van der Waals surface area contributed by atoms with E-state index in [-0.39, 0.29) is 6.04 Å². The zero-order chi connectivity index (χ0) is 10.7. The number of nitrogens with zero attached hydrogens (tertiary/aromatic N) is 1. The first kappa shape index (κ1) is 10.6. The number of rotatable bonds is 3. The summed E-state index contributed by atoms with van der Waals surface area (Å²) in [4.78, 5) is 5.59. The molecule has 1 unspecified atom stereocenters. The molecule has 0 saturated carbocycles. The second kappa shape index (κ2) is 4.77. The van der Waals surface area contributed by atoms with Gasteiger partial charge in [0.1, 0.15) is 0 Å². The Kier molecular flexibility index (Phi) is 3.38. The topological polar surface area (TPSA) is 34.1 Å². The van der Waals surface area contributed by atoms with Gasteiger partial charge in [-0.1, -0.05) is 0 Å². The third-order valence-corrected chi connectivity index (χ3v) is 3.66. The van der Waals surface area contributed by atoms with Gasteiger partial charge in [0.15, 0.2) is 0 Å². The molecule has 0 aliphatic carbocycles. The van der Waals surface area contributed by atoms with Crippen molar-refractivity contribution >= 4 is 11.3 Å². The molecule has 0 fully saturated rings. The van der Waals surface area contributed by atoms with Gasteiger partial charge >= 0.3 is 0 Å². The molecule has 0 aromatic carbocycles. The molecule has 1 aromatic rings. The number of nitrogens with one attached hydrogen (secondary N) is 1. The van der Waals surface area contributed by atoms with Crippen molar-refractivity contribution in [2.45, 2.75) is 25.8 Å². The molecule has 1 aliphatic rings. The SMILES string of the molecule is CNC(C1=COCCC1)c1scnc1C. The van der Waals surface area contributed by atoms with Gasteiger partial charge in [-0.05, 0) is 32.4 Å². The fourth-order valence-electron chi connectivity index (χ4n) is 1.87. The predicted molar refractivity (Wildman–Crippen MR) is 61.9 cm³/mol. The second-order valence-corrected chi connectivity index (χ2v) is 4.58. The number of hydrogen-bond donors (Lipinski definition) is 1. The summed E-state index contributed by atoms with van der Waals surface area (Å²) < 4.78 is 5.38. The summed E-state index contributed by atoms with van der Waals surface area (Å²) >= 11 is 1.71. The van der Waals surface area contributed by atoms with Crippen molar-refractivity contribution < 1.29 is 4.74 Å². The van der Waals surface area contributed by atoms with Crippen molar-refractivity contribution in [1.82, 2.24) is 10.3 Å². The molecular weight excluding hydrogens is 208 g/mol. The number of hydrogen-bond acceptors (Lipinski definition) is 4. The van der Waals surface area contributed by atoms with Crippen molar-refractivity contribution in [2.75, 3.05) is 13.7 Å². The Morgan fingerprint density at radius 2 is 2.47 bits per heavy atom. The molecule has 82 valence electrons. The lowest BCUT2D eigenvalue weighted by atomic mass is 10.0. The number of likely N-dealkylation sites (N-methyl/N-ethyl adjacent to an activating group) is 1. The quantitative estimate of drug-likeness (QED) is 0.856. The lowest BCUT2D eigenvalue weighted by molar-refractivity contribution is 0.220. The summed E-state index contributed by atoms with van der Waals surface area (Å²) in [5.74, 6) is 0. The first-order chi connectivity index (χ1) is 7.33. The molecule has 1 N–H and O–H groups in total. The molecule has 15 heavy (non-hydrogen) atoms. The van der Waals surface area contributed by atoms with Crippen LogP contribution in [0.15, 0.2) is 17.3 Å². The largest absolute Gasteiger partial charge is 0.501 e. The molecule has 2 heterocycles. The highest BCUT2D eigenvalue weighted by atomic mass is 32.1. The van der Waals surface area contributed by atoms with Crippen molar-refractivity contribution in [3.8, 4) is 0 Å². The molecule has 2 rings (SSSR count). The van der Waals surface area contributed by atoms with Gasteiger partial charge in [0.2, 0.25) is 0 Å². The smallest absolute Gasteiger partial charge is 0.0876 e. The van der Waals surface area contributed by atoms with Crippen LogP contribution in [0, 0.1) is 6.92 Å². The average Bonchev–Trinajstić information content (AvgIpc) is 2.68. The molecule has 0 saturated heterocycles. The number of aryl methyl sites for hydroxylation is 1. The van der Waals surface area contributed by atoms with E-state index in [0.29, 0.717) is 0 Å². The number of ether oxygens (including phenoxy) is 1. The summed E-state index contributed by atoms with van der Waals surface area (Å²) in [6, 6.07) is 0.276. The molecule has 1 aromatic heterocycles. The number of aromatic nitrogens is 1.